The summed E-state index contributed by atoms with van der Waals surface area (Å²) in [4.78, 5) is 25.5. The van der Waals surface area contributed by atoms with Crippen molar-refractivity contribution in [1.29, 1.82) is 0 Å². The number of nitrogens with one attached hydrogen (secondary N) is 1. The fraction of sp³-hybridized carbons (Fsp3) is 0.333. The number of hydrogen-bond acceptors (Lipinski definition) is 5. The average Bonchev–Trinajstić information content (AvgIpc) is 3.30. The maximum Gasteiger partial charge on any atom is 0.231 e. The Kier molecular flexibility index (Phi) is 5.09. The lowest BCUT2D eigenvalue weighted by molar-refractivity contribution is -0.117. The number of fused-ring (bicyclic) bond motifs is 3. The molecule has 0 radical (unpaired) electrons. The first-order valence-corrected chi connectivity index (χ1v) is 10.8. The maximum atomic E-state index is 13.2. The molecule has 1 saturated carbocycles. The second-order valence-corrected chi connectivity index (χ2v) is 8.38. The molecule has 0 unspecified atom stereocenters. The highest BCUT2D eigenvalue weighted by atomic mass is 19.1. The van der Waals surface area contributed by atoms with Crippen molar-refractivity contribution in [3.63, 3.8) is 0 Å². The minimum absolute atomic E-state index is 0.274. The summed E-state index contributed by atoms with van der Waals surface area (Å²) in [7, 11) is 0. The molecular formula is C24H24FN5O2. The van der Waals surface area contributed by atoms with Crippen LogP contribution in [0.25, 0.3) is 27.7 Å². The second-order valence-electron chi connectivity index (χ2n) is 8.38. The summed E-state index contributed by atoms with van der Waals surface area (Å²) in [6.07, 6.45) is 7.25. The molecule has 0 saturated heterocycles. The molecule has 5 rings (SSSR count). The quantitative estimate of drug-likeness (QED) is 0.471. The molecule has 1 amide bonds. The Hall–Kier alpha value is -3.39. The predicted molar refractivity (Wildman–Crippen MR) is 120 cm³/mol. The SMILES string of the molecule is CCC[C@@H](O)c1cc(C)c(-c2cc3cnc(NC(=O)[C@H]4C[C@H]4F)cc3n3ccnc23)cn1. The van der Waals surface area contributed by atoms with Crippen LogP contribution in [0, 0.1) is 12.8 Å². The zero-order valence-corrected chi connectivity index (χ0v) is 17.9. The summed E-state index contributed by atoms with van der Waals surface area (Å²) in [5.74, 6) is -0.524. The number of imidazole rings is 1. The van der Waals surface area contributed by atoms with Gasteiger partial charge in [0, 0.05) is 47.4 Å². The molecule has 0 spiro atoms. The minimum Gasteiger partial charge on any atom is -0.387 e. The summed E-state index contributed by atoms with van der Waals surface area (Å²) in [5.41, 5.74) is 5.08. The van der Waals surface area contributed by atoms with Crippen LogP contribution < -0.4 is 5.32 Å². The Morgan fingerprint density at radius 3 is 2.78 bits per heavy atom. The van der Waals surface area contributed by atoms with E-state index in [-0.39, 0.29) is 12.3 Å². The van der Waals surface area contributed by atoms with Gasteiger partial charge in [0.25, 0.3) is 0 Å². The van der Waals surface area contributed by atoms with Gasteiger partial charge in [0.1, 0.15) is 17.6 Å². The first-order chi connectivity index (χ1) is 15.5. The number of aliphatic hydroxyl groups is 1. The molecule has 0 aliphatic heterocycles. The summed E-state index contributed by atoms with van der Waals surface area (Å²) in [6, 6.07) is 5.70. The number of aryl methyl sites for hydroxylation is 1. The molecule has 7 nitrogen and oxygen atoms in total. The van der Waals surface area contributed by atoms with Gasteiger partial charge in [-0.05, 0) is 37.5 Å². The van der Waals surface area contributed by atoms with Gasteiger partial charge in [-0.1, -0.05) is 13.3 Å². The highest BCUT2D eigenvalue weighted by Crippen LogP contribution is 2.35. The van der Waals surface area contributed by atoms with Crippen LogP contribution in [0.4, 0.5) is 10.2 Å². The first-order valence-electron chi connectivity index (χ1n) is 10.8. The van der Waals surface area contributed by atoms with Gasteiger partial charge in [0.05, 0.1) is 23.2 Å². The second kappa shape index (κ2) is 7.94. The highest BCUT2D eigenvalue weighted by Gasteiger charge is 2.43. The van der Waals surface area contributed by atoms with Crippen molar-refractivity contribution in [3.05, 3.63) is 54.2 Å². The lowest BCUT2D eigenvalue weighted by atomic mass is 10.00. The van der Waals surface area contributed by atoms with Crippen LogP contribution in [-0.4, -0.2) is 36.5 Å². The third-order valence-electron chi connectivity index (χ3n) is 5.98. The van der Waals surface area contributed by atoms with Crippen molar-refractivity contribution in [2.45, 2.75) is 45.4 Å². The largest absolute Gasteiger partial charge is 0.387 e. The van der Waals surface area contributed by atoms with Gasteiger partial charge in [-0.3, -0.25) is 14.2 Å². The first kappa shape index (κ1) is 20.5. The number of alkyl halides is 1. The summed E-state index contributed by atoms with van der Waals surface area (Å²) in [6.45, 7) is 4.03. The minimum atomic E-state index is -1.05. The maximum absolute atomic E-state index is 13.2. The molecule has 4 heterocycles. The van der Waals surface area contributed by atoms with E-state index in [1.54, 1.807) is 24.7 Å². The number of halogens is 1. The number of aromatic nitrogens is 4. The molecule has 0 bridgehead atoms. The van der Waals surface area contributed by atoms with Crippen LogP contribution in [0.15, 0.2) is 43.0 Å². The van der Waals surface area contributed by atoms with Gasteiger partial charge >= 0.3 is 0 Å². The van der Waals surface area contributed by atoms with E-state index in [0.29, 0.717) is 17.9 Å². The van der Waals surface area contributed by atoms with E-state index < -0.39 is 18.2 Å². The molecule has 2 N–H and O–H groups in total. The van der Waals surface area contributed by atoms with Gasteiger partial charge in [-0.2, -0.15) is 0 Å². The van der Waals surface area contributed by atoms with Crippen molar-refractivity contribution >= 4 is 28.3 Å². The van der Waals surface area contributed by atoms with Crippen LogP contribution in [0.5, 0.6) is 0 Å². The third kappa shape index (κ3) is 3.60. The molecule has 4 aromatic heterocycles. The zero-order chi connectivity index (χ0) is 22.4. The fourth-order valence-corrected chi connectivity index (χ4v) is 4.08. The number of carbonyl (C=O) groups excluding carboxylic acids is 1. The molecule has 0 aromatic carbocycles. The summed E-state index contributed by atoms with van der Waals surface area (Å²) >= 11 is 0. The number of amides is 1. The molecule has 1 aliphatic rings. The monoisotopic (exact) mass is 433 g/mol. The van der Waals surface area contributed by atoms with Crippen LogP contribution in [0.1, 0.15) is 43.5 Å². The number of hydrogen-bond donors (Lipinski definition) is 2. The van der Waals surface area contributed by atoms with E-state index in [4.69, 9.17) is 0 Å². The highest BCUT2D eigenvalue weighted by molar-refractivity contribution is 5.97. The normalized spacial score (nSPS) is 18.8. The van der Waals surface area contributed by atoms with E-state index in [9.17, 15) is 14.3 Å². The van der Waals surface area contributed by atoms with E-state index >= 15 is 0 Å². The molecule has 32 heavy (non-hydrogen) atoms. The fourth-order valence-electron chi connectivity index (χ4n) is 4.08. The van der Waals surface area contributed by atoms with Crippen LogP contribution >= 0.6 is 0 Å². The zero-order valence-electron chi connectivity index (χ0n) is 17.9. The van der Waals surface area contributed by atoms with Crippen LogP contribution in [0.2, 0.25) is 0 Å². The van der Waals surface area contributed by atoms with Crippen molar-refractivity contribution in [1.82, 2.24) is 19.4 Å². The molecule has 8 heteroatoms. The van der Waals surface area contributed by atoms with Crippen molar-refractivity contribution in [2.24, 2.45) is 5.92 Å². The number of pyridine rings is 3. The standard InChI is InChI=1S/C24H24FN5O2/c1-3-4-21(31)19-7-13(2)17(12-27-19)15-8-14-11-28-22(29-24(32)16-9-18(16)25)10-20(14)30-6-5-26-23(15)30/h5-8,10-12,16,18,21,31H,3-4,9H2,1-2H3,(H,28,29,32)/t16-,18+,21+/m0/s1. The number of aliphatic hydroxyl groups excluding tert-OH is 1. The number of nitrogens with zero attached hydrogens (tertiary/aromatic N) is 4. The summed E-state index contributed by atoms with van der Waals surface area (Å²) in [5, 5.41) is 13.9. The van der Waals surface area contributed by atoms with Gasteiger partial charge in [0.15, 0.2) is 0 Å². The molecule has 164 valence electrons. The van der Waals surface area contributed by atoms with Gasteiger partial charge < -0.3 is 10.4 Å². The average molecular weight is 433 g/mol. The van der Waals surface area contributed by atoms with Crippen molar-refractivity contribution in [3.8, 4) is 11.1 Å². The Balaban J connectivity index is 1.55. The number of anilines is 1. The van der Waals surface area contributed by atoms with Crippen LogP contribution in [-0.2, 0) is 4.79 Å². The lowest BCUT2D eigenvalue weighted by Gasteiger charge is -2.14. The molecule has 3 atom stereocenters. The van der Waals surface area contributed by atoms with Gasteiger partial charge in [-0.25, -0.2) is 14.4 Å². The predicted octanol–water partition coefficient (Wildman–Crippen LogP) is 4.38. The molecule has 1 aliphatic carbocycles. The van der Waals surface area contributed by atoms with E-state index in [1.807, 2.05) is 36.6 Å². The Morgan fingerprint density at radius 2 is 2.06 bits per heavy atom. The Morgan fingerprint density at radius 1 is 1.25 bits per heavy atom. The number of rotatable bonds is 6. The van der Waals surface area contributed by atoms with E-state index in [1.165, 1.54) is 0 Å². The molecular weight excluding hydrogens is 409 g/mol. The molecule has 1 fully saturated rings. The molecule has 4 aromatic rings. The van der Waals surface area contributed by atoms with Crippen molar-refractivity contribution in [2.75, 3.05) is 5.32 Å². The Bertz CT molecular complexity index is 1330. The summed E-state index contributed by atoms with van der Waals surface area (Å²) < 4.78 is 15.1. The Labute approximate surface area is 184 Å². The van der Waals surface area contributed by atoms with Gasteiger partial charge in [-0.15, -0.1) is 0 Å². The number of carbonyl (C=O) groups is 1. The van der Waals surface area contributed by atoms with Crippen LogP contribution in [0.3, 0.4) is 0 Å². The topological polar surface area (TPSA) is 92.4 Å². The van der Waals surface area contributed by atoms with E-state index in [0.717, 1.165) is 39.7 Å². The van der Waals surface area contributed by atoms with Crippen molar-refractivity contribution < 1.29 is 14.3 Å². The van der Waals surface area contributed by atoms with Gasteiger partial charge in [0.2, 0.25) is 5.91 Å². The van der Waals surface area contributed by atoms with E-state index in [2.05, 4.69) is 20.3 Å². The third-order valence-corrected chi connectivity index (χ3v) is 5.98. The lowest BCUT2D eigenvalue weighted by Crippen LogP contribution is -2.16. The smallest absolute Gasteiger partial charge is 0.231 e.